The minimum absolute atomic E-state index is 0.0606. The first-order valence-corrected chi connectivity index (χ1v) is 13.3. The third-order valence-corrected chi connectivity index (χ3v) is 7.07. The van der Waals surface area contributed by atoms with Crippen LogP contribution >= 0.6 is 11.6 Å². The van der Waals surface area contributed by atoms with Gasteiger partial charge in [0, 0.05) is 30.4 Å². The van der Waals surface area contributed by atoms with Crippen LogP contribution in [-0.4, -0.2) is 88.6 Å². The lowest BCUT2D eigenvalue weighted by Gasteiger charge is -2.24. The molecule has 1 saturated heterocycles. The Labute approximate surface area is 241 Å². The number of aliphatic hydroxyl groups is 1. The zero-order chi connectivity index (χ0) is 30.0. The van der Waals surface area contributed by atoms with E-state index in [9.17, 15) is 27.9 Å². The molecule has 1 aliphatic rings. The topological polar surface area (TPSA) is 133 Å². The Morgan fingerprint density at radius 3 is 2.67 bits per heavy atom. The summed E-state index contributed by atoms with van der Waals surface area (Å²) >= 11 is 5.93. The number of ether oxygens (including phenoxy) is 1. The van der Waals surface area contributed by atoms with Crippen LogP contribution in [0.25, 0.3) is 17.2 Å². The highest BCUT2D eigenvalue weighted by Gasteiger charge is 2.39. The maximum atomic E-state index is 13.4. The van der Waals surface area contributed by atoms with Crippen molar-refractivity contribution in [3.05, 3.63) is 75.8 Å². The molecule has 1 N–H and O–H groups in total. The molecular weight excluding hydrogens is 581 g/mol. The zero-order valence-electron chi connectivity index (χ0n) is 22.3. The minimum Gasteiger partial charge on any atom is -0.383 e. The van der Waals surface area contributed by atoms with Crippen LogP contribution in [0.15, 0.2) is 53.7 Å². The summed E-state index contributed by atoms with van der Waals surface area (Å²) in [5, 5.41) is 18.6. The summed E-state index contributed by atoms with van der Waals surface area (Å²) in [7, 11) is 1.58. The van der Waals surface area contributed by atoms with E-state index in [2.05, 4.69) is 20.2 Å². The van der Waals surface area contributed by atoms with Gasteiger partial charge in [-0.1, -0.05) is 11.6 Å². The zero-order valence-corrected chi connectivity index (χ0v) is 23.0. The molecule has 1 aliphatic heterocycles. The van der Waals surface area contributed by atoms with Gasteiger partial charge in [-0.3, -0.25) is 9.36 Å². The second kappa shape index (κ2) is 12.0. The van der Waals surface area contributed by atoms with Crippen LogP contribution in [0.4, 0.5) is 13.2 Å². The van der Waals surface area contributed by atoms with E-state index < -0.39 is 24.5 Å². The number of methoxy groups -OCH3 is 1. The predicted octanol–water partition coefficient (Wildman–Crippen LogP) is 2.56. The molecule has 1 amide bonds. The minimum atomic E-state index is -4.95. The smallest absolute Gasteiger partial charge is 0.383 e. The van der Waals surface area contributed by atoms with Gasteiger partial charge >= 0.3 is 11.9 Å². The molecule has 1 aromatic carbocycles. The molecule has 5 rings (SSSR count). The molecule has 16 heteroatoms. The van der Waals surface area contributed by atoms with Crippen molar-refractivity contribution in [1.82, 2.24) is 39.0 Å². The van der Waals surface area contributed by atoms with Gasteiger partial charge in [0.25, 0.3) is 5.91 Å². The van der Waals surface area contributed by atoms with E-state index in [1.54, 1.807) is 24.1 Å². The summed E-state index contributed by atoms with van der Waals surface area (Å²) in [6.07, 6.45) is -3.25. The number of aliphatic hydroxyl groups excluding tert-OH is 1. The number of carbonyl (C=O) groups excluding carboxylic acids is 1. The summed E-state index contributed by atoms with van der Waals surface area (Å²) in [4.78, 5) is 36.9. The predicted molar refractivity (Wildman–Crippen MR) is 143 cm³/mol. The molecule has 0 radical (unpaired) electrons. The van der Waals surface area contributed by atoms with Crippen molar-refractivity contribution < 1.29 is 27.8 Å². The van der Waals surface area contributed by atoms with Gasteiger partial charge in [-0.25, -0.2) is 24.1 Å². The first-order chi connectivity index (χ1) is 20.1. The number of carbonyl (C=O) groups is 1. The maximum Gasteiger partial charge on any atom is 0.416 e. The first kappa shape index (κ1) is 29.4. The molecule has 0 aliphatic carbocycles. The van der Waals surface area contributed by atoms with E-state index >= 15 is 0 Å². The summed E-state index contributed by atoms with van der Waals surface area (Å²) < 4.78 is 47.6. The molecule has 0 spiro atoms. The van der Waals surface area contributed by atoms with Crippen LogP contribution in [0.5, 0.6) is 0 Å². The highest BCUT2D eigenvalue weighted by molar-refractivity contribution is 6.30. The fourth-order valence-electron chi connectivity index (χ4n) is 4.77. The van der Waals surface area contributed by atoms with E-state index in [1.807, 2.05) is 0 Å². The van der Waals surface area contributed by atoms with Gasteiger partial charge in [0.05, 0.1) is 24.8 Å². The molecule has 2 atom stereocenters. The molecule has 0 unspecified atom stereocenters. The molecule has 0 bridgehead atoms. The van der Waals surface area contributed by atoms with E-state index in [4.69, 9.17) is 16.3 Å². The molecular formula is C26H26ClF3N8O4. The number of hydrogen-bond donors (Lipinski definition) is 1. The van der Waals surface area contributed by atoms with E-state index in [0.717, 1.165) is 22.1 Å². The largest absolute Gasteiger partial charge is 0.416 e. The van der Waals surface area contributed by atoms with Crippen molar-refractivity contribution in [1.29, 1.82) is 0 Å². The third kappa shape index (κ3) is 6.07. The maximum absolute atomic E-state index is 13.4. The number of alkyl halides is 3. The molecule has 3 aromatic heterocycles. The Kier molecular flexibility index (Phi) is 8.43. The average molecular weight is 607 g/mol. The normalized spacial score (nSPS) is 16.2. The monoisotopic (exact) mass is 606 g/mol. The van der Waals surface area contributed by atoms with Crippen LogP contribution in [0, 0.1) is 0 Å². The fraction of sp³-hybridized carbons (Fsp3) is 0.385. The Balaban J connectivity index is 1.45. The number of aromatic nitrogens is 7. The molecule has 0 saturated carbocycles. The summed E-state index contributed by atoms with van der Waals surface area (Å²) in [5.74, 6) is -0.0330. The van der Waals surface area contributed by atoms with Gasteiger partial charge in [0.15, 0.2) is 23.6 Å². The Hall–Kier alpha value is -4.08. The van der Waals surface area contributed by atoms with Crippen LogP contribution in [0.2, 0.25) is 5.02 Å². The number of amides is 1. The lowest BCUT2D eigenvalue weighted by Crippen LogP contribution is -2.38. The van der Waals surface area contributed by atoms with Gasteiger partial charge in [-0.2, -0.15) is 13.2 Å². The lowest BCUT2D eigenvalue weighted by atomic mass is 10.2. The fourth-order valence-corrected chi connectivity index (χ4v) is 4.90. The number of likely N-dealkylation sites (tertiary alicyclic amines) is 1. The van der Waals surface area contributed by atoms with Gasteiger partial charge in [0.1, 0.15) is 12.9 Å². The highest BCUT2D eigenvalue weighted by Crippen LogP contribution is 2.25. The van der Waals surface area contributed by atoms with Gasteiger partial charge < -0.3 is 14.7 Å². The number of hydrogen-bond acceptors (Lipinski definition) is 8. The van der Waals surface area contributed by atoms with Gasteiger partial charge in [0.2, 0.25) is 0 Å². The van der Waals surface area contributed by atoms with E-state index in [1.165, 1.54) is 41.5 Å². The van der Waals surface area contributed by atoms with Crippen molar-refractivity contribution >= 4 is 17.5 Å². The molecule has 4 aromatic rings. The number of nitrogens with zero attached hydrogens (tertiary/aromatic N) is 8. The second-order valence-corrected chi connectivity index (χ2v) is 10.1. The second-order valence-electron chi connectivity index (χ2n) is 9.67. The number of benzene rings is 1. The van der Waals surface area contributed by atoms with Crippen molar-refractivity contribution in [3.63, 3.8) is 0 Å². The number of pyridine rings is 1. The quantitative estimate of drug-likeness (QED) is 0.307. The Morgan fingerprint density at radius 2 is 1.95 bits per heavy atom. The van der Waals surface area contributed by atoms with Crippen molar-refractivity contribution in [2.45, 2.75) is 44.3 Å². The standard InChI is InChI=1S/C26H26ClF3N8O4/c1-42-14-18-4-3-11-35(18)24(40)19-5-2-10-31-23(19)38-15-32-21(33-38)13-37-25(41)36(12-20(39)26(28,29)30)22(34-37)16-6-8-17(27)9-7-16/h2,5-10,15,18,20,39H,3-4,11-14H2,1H3/t18-,20+/m1/s1. The Morgan fingerprint density at radius 1 is 1.19 bits per heavy atom. The lowest BCUT2D eigenvalue weighted by molar-refractivity contribution is -0.207. The summed E-state index contributed by atoms with van der Waals surface area (Å²) in [5.41, 5.74) is -0.301. The van der Waals surface area contributed by atoms with Crippen LogP contribution in [-0.2, 0) is 17.8 Å². The molecule has 1 fully saturated rings. The average Bonchev–Trinajstić information content (AvgIpc) is 3.69. The summed E-state index contributed by atoms with van der Waals surface area (Å²) in [6.45, 7) is -0.385. The van der Waals surface area contributed by atoms with Crippen LogP contribution in [0.1, 0.15) is 29.0 Å². The molecule has 12 nitrogen and oxygen atoms in total. The van der Waals surface area contributed by atoms with Crippen LogP contribution < -0.4 is 5.69 Å². The number of halogens is 4. The van der Waals surface area contributed by atoms with Crippen molar-refractivity contribution in [3.8, 4) is 17.2 Å². The van der Waals surface area contributed by atoms with Gasteiger partial charge in [-0.15, -0.1) is 10.2 Å². The molecule has 4 heterocycles. The third-order valence-electron chi connectivity index (χ3n) is 6.82. The number of rotatable bonds is 9. The Bertz CT molecular complexity index is 1620. The summed E-state index contributed by atoms with van der Waals surface area (Å²) in [6, 6.07) is 9.19. The van der Waals surface area contributed by atoms with Crippen molar-refractivity contribution in [2.24, 2.45) is 0 Å². The van der Waals surface area contributed by atoms with Crippen LogP contribution in [0.3, 0.4) is 0 Å². The molecule has 222 valence electrons. The highest BCUT2D eigenvalue weighted by atomic mass is 35.5. The van der Waals surface area contributed by atoms with Crippen molar-refractivity contribution in [2.75, 3.05) is 20.3 Å². The van der Waals surface area contributed by atoms with E-state index in [0.29, 0.717) is 29.3 Å². The van der Waals surface area contributed by atoms with Gasteiger partial charge in [-0.05, 0) is 49.2 Å². The first-order valence-electron chi connectivity index (χ1n) is 12.9. The SMILES string of the molecule is COC[C@H]1CCCN1C(=O)c1cccnc1-n1cnc(Cn2nc(-c3ccc(Cl)cc3)n(C[C@H](O)C(F)(F)F)c2=O)n1. The van der Waals surface area contributed by atoms with E-state index in [-0.39, 0.29) is 36.0 Å². The molecule has 42 heavy (non-hydrogen) atoms.